The summed E-state index contributed by atoms with van der Waals surface area (Å²) in [6, 6.07) is 3.44. The van der Waals surface area contributed by atoms with Crippen molar-refractivity contribution in [2.75, 3.05) is 33.7 Å². The molecule has 2 heterocycles. The van der Waals surface area contributed by atoms with Crippen molar-refractivity contribution < 1.29 is 13.9 Å². The Labute approximate surface area is 132 Å². The third-order valence-electron chi connectivity index (χ3n) is 3.73. The van der Waals surface area contributed by atoms with Crippen LogP contribution in [-0.2, 0) is 0 Å². The van der Waals surface area contributed by atoms with Gasteiger partial charge in [0.1, 0.15) is 6.10 Å². The second-order valence-corrected chi connectivity index (χ2v) is 5.99. The van der Waals surface area contributed by atoms with E-state index in [1.54, 1.807) is 12.1 Å². The highest BCUT2D eigenvalue weighted by atomic mass is 16.6. The molecule has 122 valence electrons. The number of rotatable bonds is 8. The van der Waals surface area contributed by atoms with Crippen LogP contribution in [0.2, 0.25) is 0 Å². The van der Waals surface area contributed by atoms with Gasteiger partial charge >= 0.3 is 0 Å². The summed E-state index contributed by atoms with van der Waals surface area (Å²) in [5, 5.41) is 0. The minimum Gasteiger partial charge on any atom is -0.460 e. The molecule has 1 aromatic rings. The highest BCUT2D eigenvalue weighted by Gasteiger charge is 2.23. The predicted octanol–water partition coefficient (Wildman–Crippen LogP) is 2.79. The lowest BCUT2D eigenvalue weighted by atomic mass is 10.2. The molecule has 5 nitrogen and oxygen atoms in total. The second-order valence-electron chi connectivity index (χ2n) is 5.99. The second kappa shape index (κ2) is 8.03. The maximum atomic E-state index is 12.3. The number of likely N-dealkylation sites (N-methyl/N-ethyl adjacent to an activating group) is 1. The molecule has 0 N–H and O–H groups in total. The molecule has 1 amide bonds. The van der Waals surface area contributed by atoms with Crippen molar-refractivity contribution in [2.24, 2.45) is 0 Å². The molecule has 1 fully saturated rings. The number of allylic oxidation sites excluding steroid dienone is 1. The van der Waals surface area contributed by atoms with Gasteiger partial charge in [-0.3, -0.25) is 4.79 Å². The van der Waals surface area contributed by atoms with Crippen molar-refractivity contribution in [3.8, 4) is 5.95 Å². The van der Waals surface area contributed by atoms with Crippen LogP contribution < -0.4 is 4.74 Å². The molecule has 1 aliphatic heterocycles. The molecule has 0 aliphatic carbocycles. The van der Waals surface area contributed by atoms with Crippen LogP contribution in [0, 0.1) is 0 Å². The summed E-state index contributed by atoms with van der Waals surface area (Å²) >= 11 is 0. The number of hydrogen-bond acceptors (Lipinski definition) is 4. The summed E-state index contributed by atoms with van der Waals surface area (Å²) in [4.78, 5) is 16.2. The van der Waals surface area contributed by atoms with Crippen LogP contribution >= 0.6 is 0 Å². The van der Waals surface area contributed by atoms with Crippen LogP contribution in [0.4, 0.5) is 0 Å². The van der Waals surface area contributed by atoms with E-state index in [0.29, 0.717) is 11.7 Å². The molecule has 1 unspecified atom stereocenters. The lowest BCUT2D eigenvalue weighted by molar-refractivity contribution is 0.0734. The van der Waals surface area contributed by atoms with Gasteiger partial charge in [-0.15, -0.1) is 6.58 Å². The summed E-state index contributed by atoms with van der Waals surface area (Å²) in [5.74, 6) is 0.741. The first-order chi connectivity index (χ1) is 10.6. The Balaban J connectivity index is 1.96. The molecule has 0 aromatic carbocycles. The maximum Gasteiger partial charge on any atom is 0.289 e. The summed E-state index contributed by atoms with van der Waals surface area (Å²) < 4.78 is 11.5. The number of nitrogens with zero attached hydrogens (tertiary/aromatic N) is 2. The van der Waals surface area contributed by atoms with Crippen molar-refractivity contribution in [3.63, 3.8) is 0 Å². The third kappa shape index (κ3) is 4.63. The van der Waals surface area contributed by atoms with Crippen LogP contribution in [0.5, 0.6) is 5.95 Å². The number of carbonyl (C=O) groups is 1. The molecule has 1 saturated heterocycles. The van der Waals surface area contributed by atoms with E-state index >= 15 is 0 Å². The van der Waals surface area contributed by atoms with Gasteiger partial charge in [0.25, 0.3) is 11.9 Å². The minimum atomic E-state index is -0.0393. The lowest BCUT2D eigenvalue weighted by Gasteiger charge is -2.20. The van der Waals surface area contributed by atoms with E-state index in [1.807, 2.05) is 25.1 Å². The molecule has 1 aromatic heterocycles. The normalized spacial score (nSPS) is 16.0. The minimum absolute atomic E-state index is 0.0221. The molecule has 2 rings (SSSR count). The standard InChI is InChI=1S/C17H26N2O3/c1-4-5-8-14(13-18(2)3)21-16-10-9-15(22-16)17(20)19-11-6-7-12-19/h4,9-10,14H,1,5-8,11-13H2,2-3H3. The van der Waals surface area contributed by atoms with Gasteiger partial charge in [-0.2, -0.15) is 0 Å². The van der Waals surface area contributed by atoms with E-state index in [9.17, 15) is 4.79 Å². The van der Waals surface area contributed by atoms with Crippen LogP contribution in [0.3, 0.4) is 0 Å². The summed E-state index contributed by atoms with van der Waals surface area (Å²) in [5.41, 5.74) is 0. The first-order valence-electron chi connectivity index (χ1n) is 7.91. The molecule has 1 atom stereocenters. The van der Waals surface area contributed by atoms with Gasteiger partial charge in [-0.1, -0.05) is 6.08 Å². The summed E-state index contributed by atoms with van der Waals surface area (Å²) in [7, 11) is 4.02. The monoisotopic (exact) mass is 306 g/mol. The van der Waals surface area contributed by atoms with Gasteiger partial charge < -0.3 is 19.0 Å². The molecule has 0 saturated carbocycles. The van der Waals surface area contributed by atoms with Crippen LogP contribution in [0.15, 0.2) is 29.2 Å². The highest BCUT2D eigenvalue weighted by molar-refractivity contribution is 5.91. The maximum absolute atomic E-state index is 12.3. The SMILES string of the molecule is C=CCCC(CN(C)C)Oc1ccc(C(=O)N2CCCC2)o1. The van der Waals surface area contributed by atoms with E-state index in [1.165, 1.54) is 0 Å². The van der Waals surface area contributed by atoms with E-state index in [4.69, 9.17) is 9.15 Å². The lowest BCUT2D eigenvalue weighted by Crippen LogP contribution is -2.30. The first kappa shape index (κ1) is 16.6. The van der Waals surface area contributed by atoms with Gasteiger partial charge in [-0.25, -0.2) is 0 Å². The zero-order chi connectivity index (χ0) is 15.9. The molecular formula is C17H26N2O3. The number of carbonyl (C=O) groups excluding carboxylic acids is 1. The van der Waals surface area contributed by atoms with Crippen molar-refractivity contribution in [1.29, 1.82) is 0 Å². The van der Waals surface area contributed by atoms with Gasteiger partial charge in [0, 0.05) is 25.7 Å². The molecule has 5 heteroatoms. The molecule has 1 aliphatic rings. The van der Waals surface area contributed by atoms with Gasteiger partial charge in [0.2, 0.25) is 0 Å². The van der Waals surface area contributed by atoms with Crippen LogP contribution in [0.1, 0.15) is 36.2 Å². The Morgan fingerprint density at radius 3 is 2.82 bits per heavy atom. The number of furan rings is 1. The van der Waals surface area contributed by atoms with Crippen LogP contribution in [0.25, 0.3) is 0 Å². The predicted molar refractivity (Wildman–Crippen MR) is 86.2 cm³/mol. The number of amides is 1. The fourth-order valence-electron chi connectivity index (χ4n) is 2.64. The number of likely N-dealkylation sites (tertiary alicyclic amines) is 1. The highest BCUT2D eigenvalue weighted by Crippen LogP contribution is 2.21. The average Bonchev–Trinajstić information content (AvgIpc) is 3.15. The largest absolute Gasteiger partial charge is 0.460 e. The fraction of sp³-hybridized carbons (Fsp3) is 0.588. The molecule has 0 bridgehead atoms. The van der Waals surface area contributed by atoms with Crippen molar-refractivity contribution in [1.82, 2.24) is 9.80 Å². The van der Waals surface area contributed by atoms with E-state index in [0.717, 1.165) is 45.3 Å². The molecular weight excluding hydrogens is 280 g/mol. The molecule has 0 radical (unpaired) electrons. The summed E-state index contributed by atoms with van der Waals surface area (Å²) in [6.07, 6.45) is 5.81. The Bertz CT molecular complexity index is 490. The summed E-state index contributed by atoms with van der Waals surface area (Å²) in [6.45, 7) is 6.18. The van der Waals surface area contributed by atoms with Gasteiger partial charge in [0.15, 0.2) is 5.76 Å². The first-order valence-corrected chi connectivity index (χ1v) is 7.91. The van der Waals surface area contributed by atoms with E-state index in [-0.39, 0.29) is 12.0 Å². The molecule has 0 spiro atoms. The smallest absolute Gasteiger partial charge is 0.289 e. The Kier molecular flexibility index (Phi) is 6.07. The van der Waals surface area contributed by atoms with Crippen molar-refractivity contribution in [3.05, 3.63) is 30.5 Å². The average molecular weight is 306 g/mol. The zero-order valence-electron chi connectivity index (χ0n) is 13.6. The van der Waals surface area contributed by atoms with Crippen molar-refractivity contribution in [2.45, 2.75) is 31.8 Å². The Morgan fingerprint density at radius 1 is 1.45 bits per heavy atom. The fourth-order valence-corrected chi connectivity index (χ4v) is 2.64. The number of ether oxygens (including phenoxy) is 1. The third-order valence-corrected chi connectivity index (χ3v) is 3.73. The van der Waals surface area contributed by atoms with Crippen molar-refractivity contribution >= 4 is 5.91 Å². The number of hydrogen-bond donors (Lipinski definition) is 0. The Hall–Kier alpha value is -1.75. The molecule has 22 heavy (non-hydrogen) atoms. The van der Waals surface area contributed by atoms with Gasteiger partial charge in [-0.05, 0) is 45.8 Å². The van der Waals surface area contributed by atoms with E-state index < -0.39 is 0 Å². The van der Waals surface area contributed by atoms with Crippen LogP contribution in [-0.4, -0.2) is 55.5 Å². The zero-order valence-corrected chi connectivity index (χ0v) is 13.6. The van der Waals surface area contributed by atoms with E-state index in [2.05, 4.69) is 11.5 Å². The Morgan fingerprint density at radius 2 is 2.18 bits per heavy atom. The quantitative estimate of drug-likeness (QED) is 0.693. The topological polar surface area (TPSA) is 45.9 Å². The van der Waals surface area contributed by atoms with Gasteiger partial charge in [0.05, 0.1) is 0 Å².